The number of aromatic nitrogens is 1. The van der Waals surface area contributed by atoms with Gasteiger partial charge < -0.3 is 18.8 Å². The Morgan fingerprint density at radius 3 is 2.18 bits per heavy atom. The molecule has 1 aliphatic carbocycles. The van der Waals surface area contributed by atoms with E-state index >= 15 is 0 Å². The molecule has 4 heterocycles. The molecule has 4 aliphatic rings. The first-order chi connectivity index (χ1) is 23.5. The summed E-state index contributed by atoms with van der Waals surface area (Å²) in [6.45, 7) is 4.35. The molecule has 1 saturated carbocycles. The first-order valence-electron chi connectivity index (χ1n) is 16.7. The van der Waals surface area contributed by atoms with Crippen LogP contribution < -0.4 is 25.1 Å². The van der Waals surface area contributed by atoms with E-state index in [-0.39, 0.29) is 41.0 Å². The molecule has 1 N–H and O–H groups in total. The third-order valence-corrected chi connectivity index (χ3v) is 10.6. The molecule has 2 aromatic carbocycles. The van der Waals surface area contributed by atoms with Crippen LogP contribution in [0.15, 0.2) is 47.4 Å². The lowest BCUT2D eigenvalue weighted by atomic mass is 9.61. The molecule has 12 nitrogen and oxygen atoms in total. The minimum Gasteiger partial charge on any atom is -0.496 e. The molecule has 1 spiro atoms. The predicted octanol–water partition coefficient (Wildman–Crippen LogP) is 3.60. The van der Waals surface area contributed by atoms with Gasteiger partial charge in [-0.05, 0) is 105 Å². The SMILES string of the molecule is COc1cc(-c2cc(C)c(=O)n(C)c2)cc(OC)c1CN1CCC2(CC1)CC(Oc1ccc3c(c1)C(=O)N(C1CCC(=O)NC1=O)C3=O)C2. The smallest absolute Gasteiger partial charge is 0.262 e. The topological polar surface area (TPSA) is 136 Å². The van der Waals surface area contributed by atoms with Crippen molar-refractivity contribution < 1.29 is 33.4 Å². The number of nitrogens with zero attached hydrogens (tertiary/aromatic N) is 3. The second-order valence-electron chi connectivity index (χ2n) is 13.8. The van der Waals surface area contributed by atoms with E-state index in [1.807, 2.05) is 31.3 Å². The molecule has 1 atom stereocenters. The zero-order chi connectivity index (χ0) is 34.6. The van der Waals surface area contributed by atoms with Crippen LogP contribution in [0.2, 0.25) is 0 Å². The van der Waals surface area contributed by atoms with Crippen LogP contribution in [-0.4, -0.2) is 77.5 Å². The molecule has 12 heteroatoms. The lowest BCUT2D eigenvalue weighted by Crippen LogP contribution is -2.54. The average Bonchev–Trinajstić information content (AvgIpc) is 3.31. The van der Waals surface area contributed by atoms with Crippen molar-refractivity contribution in [3.8, 4) is 28.4 Å². The number of ether oxygens (including phenoxy) is 3. The fourth-order valence-corrected chi connectivity index (χ4v) is 7.86. The van der Waals surface area contributed by atoms with Gasteiger partial charge in [0.1, 0.15) is 23.3 Å². The standard InChI is InChI=1S/C37H40N4O8/c1-21-13-23(19-39(2)34(21)44)22-14-30(47-3)28(31(15-22)48-4)20-40-11-9-37(10-12-40)17-25(18-37)49-24-5-6-26-27(16-24)36(46)41(35(26)45)29-7-8-32(42)38-33(29)43/h5-6,13-16,19,25,29H,7-12,17-18,20H2,1-4H3,(H,38,42,43). The second kappa shape index (κ2) is 12.5. The summed E-state index contributed by atoms with van der Waals surface area (Å²) in [6, 6.07) is 9.79. The Morgan fingerprint density at radius 1 is 0.878 bits per heavy atom. The van der Waals surface area contributed by atoms with Crippen molar-refractivity contribution >= 4 is 23.6 Å². The van der Waals surface area contributed by atoms with Crippen LogP contribution in [0.3, 0.4) is 0 Å². The average molecular weight is 669 g/mol. The Kier molecular flexibility index (Phi) is 8.30. The van der Waals surface area contributed by atoms with Crippen molar-refractivity contribution in [3.05, 3.63) is 75.2 Å². The van der Waals surface area contributed by atoms with Gasteiger partial charge in [0.25, 0.3) is 17.4 Å². The zero-order valence-corrected chi connectivity index (χ0v) is 28.2. The molecule has 256 valence electrons. The molecule has 0 radical (unpaired) electrons. The first kappa shape index (κ1) is 32.6. The number of hydrogen-bond donors (Lipinski definition) is 1. The van der Waals surface area contributed by atoms with Crippen LogP contribution in [0.1, 0.15) is 70.4 Å². The van der Waals surface area contributed by atoms with E-state index in [4.69, 9.17) is 14.2 Å². The number of piperidine rings is 2. The first-order valence-corrected chi connectivity index (χ1v) is 16.7. The van der Waals surface area contributed by atoms with Crippen LogP contribution in [0, 0.1) is 12.3 Å². The van der Waals surface area contributed by atoms with Gasteiger partial charge in [-0.3, -0.25) is 39.1 Å². The summed E-state index contributed by atoms with van der Waals surface area (Å²) in [7, 11) is 5.08. The number of carbonyl (C=O) groups excluding carboxylic acids is 4. The maximum atomic E-state index is 13.2. The molecule has 3 fully saturated rings. The van der Waals surface area contributed by atoms with Gasteiger partial charge in [-0.15, -0.1) is 0 Å². The van der Waals surface area contributed by atoms with Gasteiger partial charge in [0.2, 0.25) is 11.8 Å². The van der Waals surface area contributed by atoms with Gasteiger partial charge in [-0.25, -0.2) is 0 Å². The Labute approximate surface area is 283 Å². The number of methoxy groups -OCH3 is 2. The molecule has 49 heavy (non-hydrogen) atoms. The van der Waals surface area contributed by atoms with Gasteiger partial charge >= 0.3 is 0 Å². The van der Waals surface area contributed by atoms with Gasteiger partial charge in [0, 0.05) is 31.8 Å². The van der Waals surface area contributed by atoms with Crippen molar-refractivity contribution in [2.45, 2.75) is 64.1 Å². The van der Waals surface area contributed by atoms with Gasteiger partial charge in [0.15, 0.2) is 0 Å². The predicted molar refractivity (Wildman–Crippen MR) is 179 cm³/mol. The highest BCUT2D eigenvalue weighted by atomic mass is 16.5. The Balaban J connectivity index is 0.963. The van der Waals surface area contributed by atoms with E-state index in [1.54, 1.807) is 44.0 Å². The lowest BCUT2D eigenvalue weighted by molar-refractivity contribution is -0.136. The number of rotatable bonds is 8. The molecular formula is C37H40N4O8. The molecule has 1 aromatic heterocycles. The lowest BCUT2D eigenvalue weighted by Gasteiger charge is -2.51. The van der Waals surface area contributed by atoms with Crippen LogP contribution in [0.25, 0.3) is 11.1 Å². The largest absolute Gasteiger partial charge is 0.496 e. The summed E-state index contributed by atoms with van der Waals surface area (Å²) in [5.74, 6) is -0.0853. The van der Waals surface area contributed by atoms with Crippen molar-refractivity contribution in [2.75, 3.05) is 27.3 Å². The maximum absolute atomic E-state index is 13.2. The van der Waals surface area contributed by atoms with Crippen molar-refractivity contribution in [1.82, 2.24) is 19.7 Å². The van der Waals surface area contributed by atoms with Crippen LogP contribution >= 0.6 is 0 Å². The quantitative estimate of drug-likeness (QED) is 0.357. The number of aryl methyl sites for hydroxylation is 2. The van der Waals surface area contributed by atoms with E-state index in [1.165, 1.54) is 0 Å². The number of nitrogens with one attached hydrogen (secondary N) is 1. The van der Waals surface area contributed by atoms with Crippen molar-refractivity contribution in [1.29, 1.82) is 0 Å². The van der Waals surface area contributed by atoms with Crippen LogP contribution in [0.5, 0.6) is 17.2 Å². The number of imide groups is 2. The molecule has 0 bridgehead atoms. The Morgan fingerprint density at radius 2 is 1.55 bits per heavy atom. The second-order valence-corrected chi connectivity index (χ2v) is 13.8. The molecule has 2 saturated heterocycles. The monoisotopic (exact) mass is 668 g/mol. The normalized spacial score (nSPS) is 20.7. The van der Waals surface area contributed by atoms with Crippen LogP contribution in [-0.2, 0) is 23.2 Å². The molecule has 7 rings (SSSR count). The highest BCUT2D eigenvalue weighted by Crippen LogP contribution is 2.51. The number of carbonyl (C=O) groups is 4. The van der Waals surface area contributed by atoms with Gasteiger partial charge in [-0.1, -0.05) is 0 Å². The summed E-state index contributed by atoms with van der Waals surface area (Å²) in [5.41, 5.74) is 4.13. The highest BCUT2D eigenvalue weighted by Gasteiger charge is 2.48. The molecule has 3 aromatic rings. The number of likely N-dealkylation sites (tertiary alicyclic amines) is 1. The summed E-state index contributed by atoms with van der Waals surface area (Å²) >= 11 is 0. The van der Waals surface area contributed by atoms with E-state index in [2.05, 4.69) is 10.2 Å². The van der Waals surface area contributed by atoms with E-state index < -0.39 is 29.7 Å². The summed E-state index contributed by atoms with van der Waals surface area (Å²) in [6.07, 6.45) is 5.92. The Hall–Kier alpha value is -4.97. The fraction of sp³-hybridized carbons (Fsp3) is 0.432. The van der Waals surface area contributed by atoms with E-state index in [9.17, 15) is 24.0 Å². The van der Waals surface area contributed by atoms with Crippen LogP contribution in [0.4, 0.5) is 0 Å². The minimum absolute atomic E-state index is 0.0110. The summed E-state index contributed by atoms with van der Waals surface area (Å²) < 4.78 is 19.6. The number of fused-ring (bicyclic) bond motifs is 1. The number of pyridine rings is 1. The van der Waals surface area contributed by atoms with Crippen molar-refractivity contribution in [3.63, 3.8) is 0 Å². The Bertz CT molecular complexity index is 1880. The highest BCUT2D eigenvalue weighted by molar-refractivity contribution is 6.23. The molecular weight excluding hydrogens is 628 g/mol. The summed E-state index contributed by atoms with van der Waals surface area (Å²) in [4.78, 5) is 65.8. The number of benzene rings is 2. The van der Waals surface area contributed by atoms with Crippen molar-refractivity contribution in [2.24, 2.45) is 12.5 Å². The number of amides is 4. The third kappa shape index (κ3) is 5.88. The van der Waals surface area contributed by atoms with Gasteiger partial charge in [-0.2, -0.15) is 0 Å². The minimum atomic E-state index is -0.996. The molecule has 4 amide bonds. The fourth-order valence-electron chi connectivity index (χ4n) is 7.86. The third-order valence-electron chi connectivity index (χ3n) is 10.6. The number of hydrogen-bond acceptors (Lipinski definition) is 9. The summed E-state index contributed by atoms with van der Waals surface area (Å²) in [5, 5.41) is 2.22. The van der Waals surface area contributed by atoms with Gasteiger partial charge in [0.05, 0.1) is 37.0 Å². The maximum Gasteiger partial charge on any atom is 0.262 e. The zero-order valence-electron chi connectivity index (χ0n) is 28.2. The van der Waals surface area contributed by atoms with E-state index in [0.29, 0.717) is 17.9 Å². The van der Waals surface area contributed by atoms with E-state index in [0.717, 1.165) is 71.9 Å². The molecule has 3 aliphatic heterocycles. The molecule has 1 unspecified atom stereocenters.